The monoisotopic (exact) mass is 391 g/mol. The zero-order valence-corrected chi connectivity index (χ0v) is 15.6. The Kier molecular flexibility index (Phi) is 7.45. The number of rotatable bonds is 7. The number of hydrogen-bond acceptors (Lipinski definition) is 5. The third-order valence-electron chi connectivity index (χ3n) is 3.58. The van der Waals surface area contributed by atoms with Crippen molar-refractivity contribution >= 4 is 5.91 Å². The molecule has 0 aliphatic heterocycles. The number of ether oxygens (including phenoxy) is 4. The Balaban J connectivity index is 1.92. The molecular weight excluding hydrogens is 372 g/mol. The summed E-state index contributed by atoms with van der Waals surface area (Å²) in [6.07, 6.45) is 0. The minimum Gasteiger partial charge on any atom is -0.493 e. The number of methoxy groups -OCH3 is 3. The van der Waals surface area contributed by atoms with E-state index >= 15 is 0 Å². The van der Waals surface area contributed by atoms with Gasteiger partial charge in [-0.3, -0.25) is 4.79 Å². The zero-order chi connectivity index (χ0) is 20.5. The first-order valence-electron chi connectivity index (χ1n) is 8.12. The summed E-state index contributed by atoms with van der Waals surface area (Å²) >= 11 is 0. The lowest BCUT2D eigenvalue weighted by Gasteiger charge is -2.13. The van der Waals surface area contributed by atoms with Gasteiger partial charge >= 0.3 is 0 Å². The van der Waals surface area contributed by atoms with Crippen LogP contribution in [-0.4, -0.2) is 40.4 Å². The molecular formula is C20H19F2NO5. The number of hydrogen-bond donors (Lipinski definition) is 1. The Bertz CT molecular complexity index is 880. The molecule has 0 aromatic heterocycles. The molecule has 8 heteroatoms. The summed E-state index contributed by atoms with van der Waals surface area (Å²) in [6.45, 7) is -0.0621. The van der Waals surface area contributed by atoms with Crippen molar-refractivity contribution in [1.29, 1.82) is 0 Å². The van der Waals surface area contributed by atoms with Crippen LogP contribution in [0.15, 0.2) is 30.3 Å². The van der Waals surface area contributed by atoms with Gasteiger partial charge in [-0.05, 0) is 24.3 Å². The molecule has 2 aromatic rings. The lowest BCUT2D eigenvalue weighted by atomic mass is 10.1. The summed E-state index contributed by atoms with van der Waals surface area (Å²) in [6, 6.07) is 6.03. The van der Waals surface area contributed by atoms with Gasteiger partial charge in [-0.25, -0.2) is 8.78 Å². The lowest BCUT2D eigenvalue weighted by molar-refractivity contribution is 0.0958. The van der Waals surface area contributed by atoms with Gasteiger partial charge < -0.3 is 24.3 Å². The highest BCUT2D eigenvalue weighted by Gasteiger charge is 2.16. The van der Waals surface area contributed by atoms with Gasteiger partial charge in [0.05, 0.1) is 27.9 Å². The fourth-order valence-corrected chi connectivity index (χ4v) is 2.26. The molecule has 28 heavy (non-hydrogen) atoms. The predicted molar refractivity (Wildman–Crippen MR) is 98.1 cm³/mol. The molecule has 2 aromatic carbocycles. The molecule has 1 amide bonds. The number of amides is 1. The van der Waals surface area contributed by atoms with Crippen LogP contribution in [-0.2, 0) is 0 Å². The van der Waals surface area contributed by atoms with Crippen LogP contribution in [0, 0.1) is 23.5 Å². The van der Waals surface area contributed by atoms with Crippen LogP contribution in [0.1, 0.15) is 10.4 Å². The second-order valence-corrected chi connectivity index (χ2v) is 5.31. The Morgan fingerprint density at radius 3 is 2.21 bits per heavy atom. The Hall–Kier alpha value is -3.47. The van der Waals surface area contributed by atoms with Gasteiger partial charge in [0.25, 0.3) is 5.91 Å². The van der Waals surface area contributed by atoms with Crippen molar-refractivity contribution in [2.75, 3.05) is 34.5 Å². The van der Waals surface area contributed by atoms with Crippen LogP contribution < -0.4 is 24.3 Å². The molecule has 0 saturated heterocycles. The molecule has 2 rings (SSSR count). The van der Waals surface area contributed by atoms with Gasteiger partial charge in [0.2, 0.25) is 5.75 Å². The van der Waals surface area contributed by atoms with E-state index in [0.29, 0.717) is 22.8 Å². The minimum atomic E-state index is -0.808. The van der Waals surface area contributed by atoms with Gasteiger partial charge in [0, 0.05) is 11.6 Å². The molecule has 148 valence electrons. The fraction of sp³-hybridized carbons (Fsp3) is 0.250. The van der Waals surface area contributed by atoms with E-state index in [1.807, 2.05) is 0 Å². The summed E-state index contributed by atoms with van der Waals surface area (Å²) in [5, 5.41) is 2.61. The van der Waals surface area contributed by atoms with Crippen LogP contribution in [0.5, 0.6) is 23.0 Å². The van der Waals surface area contributed by atoms with E-state index in [1.54, 1.807) is 0 Å². The Labute approximate surface area is 161 Å². The van der Waals surface area contributed by atoms with Crippen molar-refractivity contribution in [2.45, 2.75) is 0 Å². The van der Waals surface area contributed by atoms with Crippen LogP contribution in [0.25, 0.3) is 0 Å². The number of halogens is 2. The zero-order valence-electron chi connectivity index (χ0n) is 15.6. The molecule has 0 heterocycles. The quantitative estimate of drug-likeness (QED) is 0.736. The third kappa shape index (κ3) is 5.27. The fourth-order valence-electron chi connectivity index (χ4n) is 2.26. The second kappa shape index (κ2) is 10.0. The highest BCUT2D eigenvalue weighted by atomic mass is 19.1. The SMILES string of the molecule is COc1cc(C(=O)NCC#CCOc2ccc(F)cc2F)cc(OC)c1OC. The molecule has 0 spiro atoms. The van der Waals surface area contributed by atoms with E-state index in [-0.39, 0.29) is 24.8 Å². The largest absolute Gasteiger partial charge is 0.493 e. The number of carbonyl (C=O) groups is 1. The maximum atomic E-state index is 13.4. The Morgan fingerprint density at radius 2 is 1.64 bits per heavy atom. The summed E-state index contributed by atoms with van der Waals surface area (Å²) in [5.74, 6) is 4.41. The van der Waals surface area contributed by atoms with Crippen LogP contribution in [0.4, 0.5) is 8.78 Å². The smallest absolute Gasteiger partial charge is 0.252 e. The topological polar surface area (TPSA) is 66.0 Å². The standard InChI is InChI=1S/C20H19F2NO5/c1-25-17-10-13(11-18(26-2)19(17)27-3)20(24)23-8-4-5-9-28-16-7-6-14(21)12-15(16)22/h6-7,10-12H,8-9H2,1-3H3,(H,23,24). The summed E-state index contributed by atoms with van der Waals surface area (Å²) in [4.78, 5) is 12.3. The van der Waals surface area contributed by atoms with Crippen LogP contribution >= 0.6 is 0 Å². The van der Waals surface area contributed by atoms with E-state index in [1.165, 1.54) is 39.5 Å². The van der Waals surface area contributed by atoms with E-state index in [2.05, 4.69) is 17.2 Å². The number of carbonyl (C=O) groups excluding carboxylic acids is 1. The van der Waals surface area contributed by atoms with E-state index in [0.717, 1.165) is 12.1 Å². The molecule has 0 saturated carbocycles. The van der Waals surface area contributed by atoms with Crippen molar-refractivity contribution in [2.24, 2.45) is 0 Å². The van der Waals surface area contributed by atoms with Gasteiger partial charge in [-0.2, -0.15) is 0 Å². The second-order valence-electron chi connectivity index (χ2n) is 5.31. The van der Waals surface area contributed by atoms with Crippen molar-refractivity contribution in [3.05, 3.63) is 47.5 Å². The summed E-state index contributed by atoms with van der Waals surface area (Å²) in [5.41, 5.74) is 0.306. The molecule has 6 nitrogen and oxygen atoms in total. The molecule has 1 N–H and O–H groups in total. The highest BCUT2D eigenvalue weighted by molar-refractivity contribution is 5.95. The molecule has 0 radical (unpaired) electrons. The first-order valence-corrected chi connectivity index (χ1v) is 8.12. The number of benzene rings is 2. The van der Waals surface area contributed by atoms with Gasteiger partial charge in [-0.15, -0.1) is 0 Å². The maximum Gasteiger partial charge on any atom is 0.252 e. The first kappa shape index (κ1) is 20.8. The Morgan fingerprint density at radius 1 is 0.964 bits per heavy atom. The molecule has 0 atom stereocenters. The van der Waals surface area contributed by atoms with Crippen LogP contribution in [0.2, 0.25) is 0 Å². The van der Waals surface area contributed by atoms with Gasteiger partial charge in [0.1, 0.15) is 12.4 Å². The van der Waals surface area contributed by atoms with Crippen molar-refractivity contribution in [3.8, 4) is 34.8 Å². The summed E-state index contributed by atoms with van der Waals surface area (Å²) < 4.78 is 46.9. The molecule has 0 aliphatic carbocycles. The minimum absolute atomic E-state index is 0.0464. The normalized spacial score (nSPS) is 9.75. The van der Waals surface area contributed by atoms with E-state index < -0.39 is 11.6 Å². The molecule has 0 fully saturated rings. The molecule has 0 bridgehead atoms. The van der Waals surface area contributed by atoms with Crippen molar-refractivity contribution in [1.82, 2.24) is 5.32 Å². The average molecular weight is 391 g/mol. The summed E-state index contributed by atoms with van der Waals surface area (Å²) in [7, 11) is 4.37. The van der Waals surface area contributed by atoms with Crippen molar-refractivity contribution < 1.29 is 32.5 Å². The number of nitrogens with one attached hydrogen (secondary N) is 1. The van der Waals surface area contributed by atoms with Crippen molar-refractivity contribution in [3.63, 3.8) is 0 Å². The van der Waals surface area contributed by atoms with Gasteiger partial charge in [0.15, 0.2) is 23.1 Å². The average Bonchev–Trinajstić information content (AvgIpc) is 2.70. The molecule has 0 unspecified atom stereocenters. The molecule has 0 aliphatic rings. The highest BCUT2D eigenvalue weighted by Crippen LogP contribution is 2.38. The van der Waals surface area contributed by atoms with E-state index in [9.17, 15) is 13.6 Å². The van der Waals surface area contributed by atoms with Gasteiger partial charge in [-0.1, -0.05) is 11.8 Å². The van der Waals surface area contributed by atoms with E-state index in [4.69, 9.17) is 18.9 Å². The van der Waals surface area contributed by atoms with Crippen LogP contribution in [0.3, 0.4) is 0 Å². The predicted octanol–water partition coefficient (Wildman–Crippen LogP) is 2.80. The maximum absolute atomic E-state index is 13.4. The first-order chi connectivity index (χ1) is 13.5. The lowest BCUT2D eigenvalue weighted by Crippen LogP contribution is -2.23. The third-order valence-corrected chi connectivity index (χ3v) is 3.58.